The molecule has 0 saturated carbocycles. The van der Waals surface area contributed by atoms with Gasteiger partial charge in [0.1, 0.15) is 11.4 Å². The number of ether oxygens (including phenoxy) is 1. The smallest absolute Gasteiger partial charge is 0.342 e. The molecule has 0 bridgehead atoms. The van der Waals surface area contributed by atoms with E-state index in [2.05, 4.69) is 4.98 Å². The first kappa shape index (κ1) is 10.4. The number of fused-ring (bicyclic) bond motifs is 1. The normalized spacial score (nSPS) is 10.3. The molecule has 2 N–H and O–H groups in total. The van der Waals surface area contributed by atoms with Crippen LogP contribution in [-0.4, -0.2) is 17.6 Å². The molecule has 1 heterocycles. The molecule has 0 saturated heterocycles. The highest BCUT2D eigenvalue weighted by Gasteiger charge is 2.15. The van der Waals surface area contributed by atoms with Crippen LogP contribution in [0.15, 0.2) is 30.5 Å². The number of nitrogens with two attached hydrogens (primary N) is 1. The quantitative estimate of drug-likeness (QED) is 0.780. The van der Waals surface area contributed by atoms with E-state index in [1.807, 2.05) is 24.3 Å². The van der Waals surface area contributed by atoms with Gasteiger partial charge in [0, 0.05) is 17.0 Å². The van der Waals surface area contributed by atoms with Crippen molar-refractivity contribution in [1.82, 2.24) is 4.98 Å². The second kappa shape index (κ2) is 4.18. The monoisotopic (exact) mass is 216 g/mol. The SMILES string of the molecule is CCOC(=O)c1c(N)ncc2ccccc12. The summed E-state index contributed by atoms with van der Waals surface area (Å²) >= 11 is 0. The second-order valence-corrected chi connectivity index (χ2v) is 3.33. The number of nitrogens with zero attached hydrogens (tertiary/aromatic N) is 1. The Kier molecular flexibility index (Phi) is 2.72. The number of hydrogen-bond acceptors (Lipinski definition) is 4. The molecule has 0 radical (unpaired) electrons. The summed E-state index contributed by atoms with van der Waals surface area (Å²) < 4.78 is 4.96. The molecule has 0 aliphatic carbocycles. The van der Waals surface area contributed by atoms with E-state index < -0.39 is 5.97 Å². The van der Waals surface area contributed by atoms with Crippen molar-refractivity contribution in [3.63, 3.8) is 0 Å². The number of rotatable bonds is 2. The number of carbonyl (C=O) groups is 1. The predicted molar refractivity (Wildman–Crippen MR) is 62.1 cm³/mol. The standard InChI is InChI=1S/C12H12N2O2/c1-2-16-12(15)10-9-6-4-3-5-8(9)7-14-11(10)13/h3-7H,2H2,1H3,(H2,13,14). The third kappa shape index (κ3) is 1.69. The topological polar surface area (TPSA) is 65.2 Å². The third-order valence-corrected chi connectivity index (χ3v) is 2.31. The first-order chi connectivity index (χ1) is 7.74. The van der Waals surface area contributed by atoms with E-state index in [1.165, 1.54) is 0 Å². The number of hydrogen-bond donors (Lipinski definition) is 1. The van der Waals surface area contributed by atoms with Crippen LogP contribution in [0, 0.1) is 0 Å². The van der Waals surface area contributed by atoms with Gasteiger partial charge in [0.05, 0.1) is 6.61 Å². The Hall–Kier alpha value is -2.10. The Bertz CT molecular complexity index is 538. The molecule has 16 heavy (non-hydrogen) atoms. The van der Waals surface area contributed by atoms with Crippen molar-refractivity contribution >= 4 is 22.6 Å². The fourth-order valence-electron chi connectivity index (χ4n) is 1.60. The molecule has 0 aliphatic heterocycles. The van der Waals surface area contributed by atoms with Gasteiger partial charge in [0.25, 0.3) is 0 Å². The van der Waals surface area contributed by atoms with Crippen molar-refractivity contribution in [2.45, 2.75) is 6.92 Å². The molecule has 0 aliphatic rings. The van der Waals surface area contributed by atoms with Gasteiger partial charge >= 0.3 is 5.97 Å². The molecule has 82 valence electrons. The van der Waals surface area contributed by atoms with Crippen LogP contribution in [0.4, 0.5) is 5.82 Å². The lowest BCUT2D eigenvalue weighted by Crippen LogP contribution is -2.10. The molecule has 2 aromatic rings. The van der Waals surface area contributed by atoms with Crippen molar-refractivity contribution in [3.05, 3.63) is 36.0 Å². The van der Waals surface area contributed by atoms with Crippen LogP contribution in [0.2, 0.25) is 0 Å². The average Bonchev–Trinajstić information content (AvgIpc) is 2.29. The second-order valence-electron chi connectivity index (χ2n) is 3.33. The van der Waals surface area contributed by atoms with Crippen molar-refractivity contribution in [2.24, 2.45) is 0 Å². The van der Waals surface area contributed by atoms with E-state index in [-0.39, 0.29) is 5.82 Å². The molecule has 0 atom stereocenters. The molecular weight excluding hydrogens is 204 g/mol. The van der Waals surface area contributed by atoms with Gasteiger partial charge in [-0.05, 0) is 6.92 Å². The summed E-state index contributed by atoms with van der Waals surface area (Å²) in [6.07, 6.45) is 1.65. The Labute approximate surface area is 93.0 Å². The van der Waals surface area contributed by atoms with Crippen molar-refractivity contribution in [1.29, 1.82) is 0 Å². The zero-order chi connectivity index (χ0) is 11.5. The van der Waals surface area contributed by atoms with Crippen LogP contribution < -0.4 is 5.73 Å². The van der Waals surface area contributed by atoms with E-state index in [0.29, 0.717) is 12.2 Å². The first-order valence-corrected chi connectivity index (χ1v) is 5.04. The average molecular weight is 216 g/mol. The Morgan fingerprint density at radius 2 is 2.19 bits per heavy atom. The number of carbonyl (C=O) groups excluding carboxylic acids is 1. The summed E-state index contributed by atoms with van der Waals surface area (Å²) in [5.41, 5.74) is 6.05. The Morgan fingerprint density at radius 1 is 1.44 bits per heavy atom. The van der Waals surface area contributed by atoms with Crippen molar-refractivity contribution in [3.8, 4) is 0 Å². The van der Waals surface area contributed by atoms with Crippen molar-refractivity contribution in [2.75, 3.05) is 12.3 Å². The van der Waals surface area contributed by atoms with Crippen LogP contribution in [0.1, 0.15) is 17.3 Å². The predicted octanol–water partition coefficient (Wildman–Crippen LogP) is 1.99. The number of esters is 1. The molecule has 1 aromatic carbocycles. The highest BCUT2D eigenvalue weighted by atomic mass is 16.5. The molecule has 1 aromatic heterocycles. The van der Waals surface area contributed by atoms with Gasteiger partial charge in [-0.2, -0.15) is 0 Å². The summed E-state index contributed by atoms with van der Waals surface area (Å²) in [5.74, 6) is -0.221. The molecule has 4 heteroatoms. The lowest BCUT2D eigenvalue weighted by molar-refractivity contribution is 0.0529. The number of benzene rings is 1. The molecule has 0 amide bonds. The zero-order valence-corrected chi connectivity index (χ0v) is 8.93. The van der Waals surface area contributed by atoms with Gasteiger partial charge in [-0.15, -0.1) is 0 Å². The lowest BCUT2D eigenvalue weighted by Gasteiger charge is -2.07. The lowest BCUT2D eigenvalue weighted by atomic mass is 10.1. The summed E-state index contributed by atoms with van der Waals surface area (Å²) in [4.78, 5) is 15.7. The van der Waals surface area contributed by atoms with Gasteiger partial charge in [0.15, 0.2) is 0 Å². The van der Waals surface area contributed by atoms with Crippen LogP contribution >= 0.6 is 0 Å². The summed E-state index contributed by atoms with van der Waals surface area (Å²) in [5, 5.41) is 1.65. The fourth-order valence-corrected chi connectivity index (χ4v) is 1.60. The minimum absolute atomic E-state index is 0.206. The Balaban J connectivity index is 2.66. The molecule has 2 rings (SSSR count). The Morgan fingerprint density at radius 3 is 2.94 bits per heavy atom. The van der Waals surface area contributed by atoms with Crippen LogP contribution in [0.5, 0.6) is 0 Å². The van der Waals surface area contributed by atoms with Gasteiger partial charge in [-0.25, -0.2) is 9.78 Å². The van der Waals surface area contributed by atoms with Crippen LogP contribution in [0.3, 0.4) is 0 Å². The van der Waals surface area contributed by atoms with Gasteiger partial charge in [-0.3, -0.25) is 0 Å². The van der Waals surface area contributed by atoms with Gasteiger partial charge < -0.3 is 10.5 Å². The zero-order valence-electron chi connectivity index (χ0n) is 8.93. The number of aromatic nitrogens is 1. The fraction of sp³-hybridized carbons (Fsp3) is 0.167. The minimum Gasteiger partial charge on any atom is -0.462 e. The molecular formula is C12H12N2O2. The summed E-state index contributed by atoms with van der Waals surface area (Å²) in [6, 6.07) is 7.45. The van der Waals surface area contributed by atoms with E-state index in [9.17, 15) is 4.79 Å². The van der Waals surface area contributed by atoms with Crippen LogP contribution in [-0.2, 0) is 4.74 Å². The number of nitrogen functional groups attached to an aromatic ring is 1. The molecule has 0 fully saturated rings. The van der Waals surface area contributed by atoms with E-state index in [1.54, 1.807) is 13.1 Å². The maximum atomic E-state index is 11.7. The van der Waals surface area contributed by atoms with Crippen molar-refractivity contribution < 1.29 is 9.53 Å². The van der Waals surface area contributed by atoms with E-state index >= 15 is 0 Å². The van der Waals surface area contributed by atoms with Gasteiger partial charge in [-0.1, -0.05) is 24.3 Å². The van der Waals surface area contributed by atoms with E-state index in [0.717, 1.165) is 10.8 Å². The first-order valence-electron chi connectivity index (χ1n) is 5.04. The summed E-state index contributed by atoms with van der Waals surface area (Å²) in [7, 11) is 0. The highest BCUT2D eigenvalue weighted by molar-refractivity contribution is 6.07. The molecule has 4 nitrogen and oxygen atoms in total. The minimum atomic E-state index is -0.427. The van der Waals surface area contributed by atoms with Crippen LogP contribution in [0.25, 0.3) is 10.8 Å². The largest absolute Gasteiger partial charge is 0.462 e. The molecule has 0 unspecified atom stereocenters. The highest BCUT2D eigenvalue weighted by Crippen LogP contribution is 2.22. The number of anilines is 1. The van der Waals surface area contributed by atoms with Gasteiger partial charge in [0.2, 0.25) is 0 Å². The third-order valence-electron chi connectivity index (χ3n) is 2.31. The van der Waals surface area contributed by atoms with E-state index in [4.69, 9.17) is 10.5 Å². The summed E-state index contributed by atoms with van der Waals surface area (Å²) in [6.45, 7) is 2.08. The number of pyridine rings is 1. The maximum absolute atomic E-state index is 11.7. The molecule has 0 spiro atoms. The maximum Gasteiger partial charge on any atom is 0.342 e.